The average Bonchev–Trinajstić information content (AvgIpc) is 2.14. The molecule has 0 unspecified atom stereocenters. The summed E-state index contributed by atoms with van der Waals surface area (Å²) < 4.78 is 5.41. The van der Waals surface area contributed by atoms with E-state index >= 15 is 0 Å². The summed E-state index contributed by atoms with van der Waals surface area (Å²) >= 11 is 0. The van der Waals surface area contributed by atoms with Crippen LogP contribution in [0.15, 0.2) is 0 Å². The lowest BCUT2D eigenvalue weighted by atomic mass is 10.4. The first-order valence-corrected chi connectivity index (χ1v) is 4.87. The second-order valence-corrected chi connectivity index (χ2v) is 3.12. The molecule has 1 aliphatic heterocycles. The molecule has 3 nitrogen and oxygen atoms in total. The van der Waals surface area contributed by atoms with Gasteiger partial charge in [0.05, 0.1) is 6.61 Å². The minimum atomic E-state index is 0.883. The number of hydrogen-bond donors (Lipinski definition) is 0. The van der Waals surface area contributed by atoms with Crippen LogP contribution in [0, 0.1) is 0 Å². The highest BCUT2D eigenvalue weighted by molar-refractivity contribution is 4.66. The number of piperazine rings is 1. The molecule has 0 aliphatic carbocycles. The fourth-order valence-corrected chi connectivity index (χ4v) is 1.31. The van der Waals surface area contributed by atoms with Crippen molar-refractivity contribution in [2.75, 3.05) is 45.9 Å². The highest BCUT2D eigenvalue weighted by Gasteiger charge is 2.08. The van der Waals surface area contributed by atoms with Gasteiger partial charge in [0.2, 0.25) is 0 Å². The fraction of sp³-hybridized carbons (Fsp3) is 1.00. The highest BCUT2D eigenvalue weighted by Crippen LogP contribution is 1.92. The molecule has 12 heavy (non-hydrogen) atoms. The topological polar surface area (TPSA) is 26.6 Å². The maximum Gasteiger partial charge on any atom is 0.0593 e. The van der Waals surface area contributed by atoms with Gasteiger partial charge in [0.25, 0.3) is 0 Å². The maximum absolute atomic E-state index is 5.41. The summed E-state index contributed by atoms with van der Waals surface area (Å²) in [7, 11) is 0. The summed E-state index contributed by atoms with van der Waals surface area (Å²) in [6.07, 6.45) is 1.12. The van der Waals surface area contributed by atoms with Crippen LogP contribution < -0.4 is 5.32 Å². The van der Waals surface area contributed by atoms with E-state index in [2.05, 4.69) is 17.1 Å². The molecule has 1 rings (SSSR count). The molecule has 0 aromatic rings. The lowest BCUT2D eigenvalue weighted by Gasteiger charge is -2.25. The van der Waals surface area contributed by atoms with E-state index in [1.165, 1.54) is 0 Å². The molecule has 71 valence electrons. The van der Waals surface area contributed by atoms with Crippen LogP contribution in [0.2, 0.25) is 0 Å². The predicted molar refractivity (Wildman–Crippen MR) is 49.4 cm³/mol. The lowest BCUT2D eigenvalue weighted by Crippen LogP contribution is -2.41. The second-order valence-electron chi connectivity index (χ2n) is 3.12. The Morgan fingerprint density at radius 1 is 1.25 bits per heavy atom. The molecular formula is C9H19N2O. The molecule has 3 heteroatoms. The van der Waals surface area contributed by atoms with Crippen molar-refractivity contribution in [1.29, 1.82) is 0 Å². The Morgan fingerprint density at radius 3 is 2.67 bits per heavy atom. The van der Waals surface area contributed by atoms with E-state index < -0.39 is 0 Å². The molecule has 0 spiro atoms. The zero-order valence-electron chi connectivity index (χ0n) is 7.96. The standard InChI is InChI=1S/C9H19N2O/c1-2-8-12-9-7-11-5-3-10-4-6-11/h2-9H2,1H3. The molecule has 0 N–H and O–H groups in total. The van der Waals surface area contributed by atoms with Gasteiger partial charge in [0, 0.05) is 39.3 Å². The summed E-state index contributed by atoms with van der Waals surface area (Å²) in [6, 6.07) is 0. The molecule has 0 aromatic carbocycles. The van der Waals surface area contributed by atoms with Crippen molar-refractivity contribution in [3.05, 3.63) is 0 Å². The quantitative estimate of drug-likeness (QED) is 0.557. The predicted octanol–water partition coefficient (Wildman–Crippen LogP) is 0.333. The van der Waals surface area contributed by atoms with Crippen molar-refractivity contribution in [2.24, 2.45) is 0 Å². The van der Waals surface area contributed by atoms with Crippen molar-refractivity contribution < 1.29 is 4.74 Å². The van der Waals surface area contributed by atoms with Gasteiger partial charge in [0.1, 0.15) is 0 Å². The van der Waals surface area contributed by atoms with Gasteiger partial charge in [-0.3, -0.25) is 4.90 Å². The minimum Gasteiger partial charge on any atom is -0.380 e. The van der Waals surface area contributed by atoms with E-state index in [0.29, 0.717) is 0 Å². The van der Waals surface area contributed by atoms with E-state index in [4.69, 9.17) is 4.74 Å². The van der Waals surface area contributed by atoms with E-state index in [9.17, 15) is 0 Å². The molecule has 0 atom stereocenters. The molecule has 0 aromatic heterocycles. The SMILES string of the molecule is CCCOCCN1CC[N]CC1. The summed E-state index contributed by atoms with van der Waals surface area (Å²) in [6.45, 7) is 9.26. The summed E-state index contributed by atoms with van der Waals surface area (Å²) in [5.41, 5.74) is 0. The average molecular weight is 171 g/mol. The lowest BCUT2D eigenvalue weighted by molar-refractivity contribution is 0.0991. The Morgan fingerprint density at radius 2 is 2.00 bits per heavy atom. The van der Waals surface area contributed by atoms with Gasteiger partial charge in [-0.2, -0.15) is 0 Å². The summed E-state index contributed by atoms with van der Waals surface area (Å²) in [5, 5.41) is 4.29. The number of hydrogen-bond acceptors (Lipinski definition) is 2. The van der Waals surface area contributed by atoms with Gasteiger partial charge < -0.3 is 4.74 Å². The maximum atomic E-state index is 5.41. The van der Waals surface area contributed by atoms with Crippen LogP contribution in [0.25, 0.3) is 0 Å². The Balaban J connectivity index is 1.91. The highest BCUT2D eigenvalue weighted by atomic mass is 16.5. The number of nitrogens with zero attached hydrogens (tertiary/aromatic N) is 2. The van der Waals surface area contributed by atoms with Crippen LogP contribution in [-0.2, 0) is 4.74 Å². The second kappa shape index (κ2) is 6.40. The molecular weight excluding hydrogens is 152 g/mol. The first kappa shape index (κ1) is 9.96. The van der Waals surface area contributed by atoms with E-state index in [1.54, 1.807) is 0 Å². The van der Waals surface area contributed by atoms with E-state index in [0.717, 1.165) is 52.4 Å². The first-order chi connectivity index (χ1) is 5.93. The normalized spacial score (nSPS) is 19.8. The Hall–Kier alpha value is -0.120. The Labute approximate surface area is 75.1 Å². The first-order valence-electron chi connectivity index (χ1n) is 4.87. The van der Waals surface area contributed by atoms with Crippen LogP contribution in [0.1, 0.15) is 13.3 Å². The van der Waals surface area contributed by atoms with Crippen LogP contribution in [0.5, 0.6) is 0 Å². The van der Waals surface area contributed by atoms with Gasteiger partial charge in [-0.25, -0.2) is 5.32 Å². The largest absolute Gasteiger partial charge is 0.380 e. The van der Waals surface area contributed by atoms with Crippen molar-refractivity contribution in [3.8, 4) is 0 Å². The summed E-state index contributed by atoms with van der Waals surface area (Å²) in [4.78, 5) is 2.42. The van der Waals surface area contributed by atoms with Crippen molar-refractivity contribution >= 4 is 0 Å². The van der Waals surface area contributed by atoms with Crippen LogP contribution in [-0.4, -0.2) is 50.8 Å². The van der Waals surface area contributed by atoms with Gasteiger partial charge in [-0.1, -0.05) is 6.92 Å². The Kier molecular flexibility index (Phi) is 5.32. The third-order valence-electron chi connectivity index (χ3n) is 2.05. The molecule has 1 aliphatic rings. The van der Waals surface area contributed by atoms with Crippen molar-refractivity contribution in [2.45, 2.75) is 13.3 Å². The fourth-order valence-electron chi connectivity index (χ4n) is 1.31. The van der Waals surface area contributed by atoms with E-state index in [-0.39, 0.29) is 0 Å². The third-order valence-corrected chi connectivity index (χ3v) is 2.05. The van der Waals surface area contributed by atoms with Gasteiger partial charge in [-0.15, -0.1) is 0 Å². The zero-order valence-corrected chi connectivity index (χ0v) is 7.96. The molecule has 1 heterocycles. The van der Waals surface area contributed by atoms with Crippen molar-refractivity contribution in [1.82, 2.24) is 10.2 Å². The smallest absolute Gasteiger partial charge is 0.0593 e. The van der Waals surface area contributed by atoms with Gasteiger partial charge in [0.15, 0.2) is 0 Å². The molecule has 0 saturated carbocycles. The third kappa shape index (κ3) is 4.04. The van der Waals surface area contributed by atoms with Crippen LogP contribution >= 0.6 is 0 Å². The number of rotatable bonds is 5. The van der Waals surface area contributed by atoms with Crippen LogP contribution in [0.3, 0.4) is 0 Å². The summed E-state index contributed by atoms with van der Waals surface area (Å²) in [5.74, 6) is 0. The molecule has 1 fully saturated rings. The zero-order chi connectivity index (χ0) is 8.65. The molecule has 0 bridgehead atoms. The molecule has 1 saturated heterocycles. The molecule has 0 amide bonds. The van der Waals surface area contributed by atoms with Crippen LogP contribution in [0.4, 0.5) is 0 Å². The van der Waals surface area contributed by atoms with Gasteiger partial charge in [-0.05, 0) is 6.42 Å². The monoisotopic (exact) mass is 171 g/mol. The van der Waals surface area contributed by atoms with Crippen molar-refractivity contribution in [3.63, 3.8) is 0 Å². The van der Waals surface area contributed by atoms with Gasteiger partial charge >= 0.3 is 0 Å². The Bertz CT molecular complexity index is 103. The van der Waals surface area contributed by atoms with E-state index in [1.807, 2.05) is 0 Å². The molecule has 1 radical (unpaired) electrons. The number of ether oxygens (including phenoxy) is 1. The minimum absolute atomic E-state index is 0.883.